The number of hydrogen-bond donors (Lipinski definition) is 1. The van der Waals surface area contributed by atoms with E-state index in [-0.39, 0.29) is 5.54 Å². The highest BCUT2D eigenvalue weighted by Crippen LogP contribution is 2.37. The van der Waals surface area contributed by atoms with Crippen LogP contribution < -0.4 is 5.73 Å². The van der Waals surface area contributed by atoms with Gasteiger partial charge in [0.05, 0.1) is 0 Å². The van der Waals surface area contributed by atoms with Crippen LogP contribution in [0.25, 0.3) is 0 Å². The van der Waals surface area contributed by atoms with Gasteiger partial charge in [0.15, 0.2) is 0 Å². The number of pyridine rings is 1. The predicted octanol–water partition coefficient (Wildman–Crippen LogP) is 2.17. The lowest BCUT2D eigenvalue weighted by Gasteiger charge is -2.48. The van der Waals surface area contributed by atoms with E-state index in [1.54, 1.807) is 0 Å². The first-order valence-corrected chi connectivity index (χ1v) is 8.17. The van der Waals surface area contributed by atoms with Crippen LogP contribution in [-0.2, 0) is 6.42 Å². The molecular formula is C15H25N3S. The predicted molar refractivity (Wildman–Crippen MR) is 83.5 cm³/mol. The second-order valence-corrected chi connectivity index (χ2v) is 6.87. The Labute approximate surface area is 121 Å². The van der Waals surface area contributed by atoms with Gasteiger partial charge in [-0.25, -0.2) is 0 Å². The van der Waals surface area contributed by atoms with Gasteiger partial charge >= 0.3 is 0 Å². The van der Waals surface area contributed by atoms with E-state index >= 15 is 0 Å². The Morgan fingerprint density at radius 1 is 1.53 bits per heavy atom. The number of nitrogens with two attached hydrogens (primary N) is 1. The molecular weight excluding hydrogens is 254 g/mol. The van der Waals surface area contributed by atoms with Crippen LogP contribution in [0.15, 0.2) is 24.4 Å². The molecule has 2 N–H and O–H groups in total. The third-order valence-electron chi connectivity index (χ3n) is 4.42. The number of nitrogens with zero attached hydrogens (tertiary/aromatic N) is 2. The van der Waals surface area contributed by atoms with Crippen molar-refractivity contribution in [2.24, 2.45) is 5.73 Å². The van der Waals surface area contributed by atoms with Crippen LogP contribution >= 0.6 is 11.8 Å². The fourth-order valence-corrected chi connectivity index (χ4v) is 4.34. The monoisotopic (exact) mass is 279 g/mol. The van der Waals surface area contributed by atoms with Gasteiger partial charge < -0.3 is 5.73 Å². The summed E-state index contributed by atoms with van der Waals surface area (Å²) in [5.41, 5.74) is 7.46. The lowest BCUT2D eigenvalue weighted by Crippen LogP contribution is -2.59. The van der Waals surface area contributed by atoms with Crippen molar-refractivity contribution in [1.82, 2.24) is 9.88 Å². The summed E-state index contributed by atoms with van der Waals surface area (Å²) in [5, 5.41) is 0.611. The lowest BCUT2D eigenvalue weighted by molar-refractivity contribution is 0.113. The lowest BCUT2D eigenvalue weighted by atomic mass is 9.87. The topological polar surface area (TPSA) is 42.1 Å². The maximum Gasteiger partial charge on any atom is 0.0444 e. The van der Waals surface area contributed by atoms with Crippen LogP contribution in [0.1, 0.15) is 25.5 Å². The molecule has 1 aliphatic rings. The third-order valence-corrected chi connectivity index (χ3v) is 5.88. The van der Waals surface area contributed by atoms with Crippen molar-refractivity contribution in [3.63, 3.8) is 0 Å². The van der Waals surface area contributed by atoms with E-state index < -0.39 is 0 Å². The number of thioether (sulfide) groups is 1. The van der Waals surface area contributed by atoms with E-state index in [0.717, 1.165) is 25.2 Å². The van der Waals surface area contributed by atoms with E-state index in [0.29, 0.717) is 5.25 Å². The molecule has 2 unspecified atom stereocenters. The zero-order chi connectivity index (χ0) is 13.7. The first-order valence-electron chi connectivity index (χ1n) is 7.12. The summed E-state index contributed by atoms with van der Waals surface area (Å²) in [5.74, 6) is 1.27. The number of aromatic nitrogens is 1. The largest absolute Gasteiger partial charge is 0.329 e. The summed E-state index contributed by atoms with van der Waals surface area (Å²) in [7, 11) is 2.22. The maximum absolute atomic E-state index is 6.13. The number of hydrogen-bond acceptors (Lipinski definition) is 4. The molecule has 1 aliphatic heterocycles. The Morgan fingerprint density at radius 3 is 3.00 bits per heavy atom. The van der Waals surface area contributed by atoms with Crippen LogP contribution in [0.3, 0.4) is 0 Å². The van der Waals surface area contributed by atoms with Gasteiger partial charge in [0, 0.05) is 42.2 Å². The molecule has 106 valence electrons. The quantitative estimate of drug-likeness (QED) is 0.897. The van der Waals surface area contributed by atoms with Gasteiger partial charge in [-0.15, -0.1) is 0 Å². The maximum atomic E-state index is 6.13. The van der Waals surface area contributed by atoms with Crippen molar-refractivity contribution in [2.75, 3.05) is 25.9 Å². The Morgan fingerprint density at radius 2 is 2.37 bits per heavy atom. The summed E-state index contributed by atoms with van der Waals surface area (Å²) >= 11 is 2.06. The van der Waals surface area contributed by atoms with Crippen LogP contribution in [0.2, 0.25) is 0 Å². The Balaban J connectivity index is 1.98. The Kier molecular flexibility index (Phi) is 5.25. The molecule has 2 heterocycles. The van der Waals surface area contributed by atoms with Crippen molar-refractivity contribution >= 4 is 11.8 Å². The van der Waals surface area contributed by atoms with Gasteiger partial charge in [-0.05, 0) is 37.8 Å². The fraction of sp³-hybridized carbons (Fsp3) is 0.667. The zero-order valence-electron chi connectivity index (χ0n) is 12.0. The van der Waals surface area contributed by atoms with Crippen molar-refractivity contribution in [2.45, 2.75) is 37.0 Å². The van der Waals surface area contributed by atoms with Gasteiger partial charge in [0.25, 0.3) is 0 Å². The zero-order valence-corrected chi connectivity index (χ0v) is 12.8. The van der Waals surface area contributed by atoms with Gasteiger partial charge in [-0.2, -0.15) is 11.8 Å². The summed E-state index contributed by atoms with van der Waals surface area (Å²) in [4.78, 5) is 6.87. The van der Waals surface area contributed by atoms with Crippen molar-refractivity contribution in [3.8, 4) is 0 Å². The molecule has 1 aromatic heterocycles. The summed E-state index contributed by atoms with van der Waals surface area (Å²) < 4.78 is 0. The summed E-state index contributed by atoms with van der Waals surface area (Å²) in [6, 6.07) is 6.12. The average Bonchev–Trinajstić information content (AvgIpc) is 2.46. The molecule has 1 fully saturated rings. The van der Waals surface area contributed by atoms with Crippen LogP contribution in [0.5, 0.6) is 0 Å². The molecule has 3 nitrogen and oxygen atoms in total. The molecule has 2 rings (SSSR count). The highest BCUT2D eigenvalue weighted by atomic mass is 32.2. The highest BCUT2D eigenvalue weighted by Gasteiger charge is 2.40. The average molecular weight is 279 g/mol. The van der Waals surface area contributed by atoms with E-state index in [1.807, 2.05) is 12.3 Å². The second-order valence-electron chi connectivity index (χ2n) is 5.42. The molecule has 4 heteroatoms. The molecule has 0 spiro atoms. The molecule has 19 heavy (non-hydrogen) atoms. The minimum atomic E-state index is 0.164. The van der Waals surface area contributed by atoms with Gasteiger partial charge in [-0.1, -0.05) is 13.0 Å². The first kappa shape index (κ1) is 14.8. The fourth-order valence-electron chi connectivity index (χ4n) is 2.97. The number of rotatable bonds is 5. The van der Waals surface area contributed by atoms with Gasteiger partial charge in [-0.3, -0.25) is 9.88 Å². The number of likely N-dealkylation sites (N-methyl/N-ethyl adjacent to an activating group) is 1. The molecule has 0 saturated carbocycles. The minimum absolute atomic E-state index is 0.164. The second kappa shape index (κ2) is 6.73. The summed E-state index contributed by atoms with van der Waals surface area (Å²) in [6.45, 7) is 4.10. The molecule has 0 aromatic carbocycles. The van der Waals surface area contributed by atoms with Crippen molar-refractivity contribution in [3.05, 3.63) is 30.1 Å². The van der Waals surface area contributed by atoms with Crippen molar-refractivity contribution < 1.29 is 0 Å². The van der Waals surface area contributed by atoms with Crippen molar-refractivity contribution in [1.29, 1.82) is 0 Å². The normalized spacial score (nSPS) is 27.7. The van der Waals surface area contributed by atoms with E-state index in [2.05, 4.69) is 47.7 Å². The Bertz CT molecular complexity index is 384. The molecule has 0 bridgehead atoms. The van der Waals surface area contributed by atoms with E-state index in [4.69, 9.17) is 5.73 Å². The highest BCUT2D eigenvalue weighted by molar-refractivity contribution is 8.00. The van der Waals surface area contributed by atoms with E-state index in [9.17, 15) is 0 Å². The van der Waals surface area contributed by atoms with Gasteiger partial charge in [0.1, 0.15) is 0 Å². The SMILES string of the molecule is CC1SCCCC1(CN)N(C)CCc1ccccn1. The molecule has 1 aromatic rings. The van der Waals surface area contributed by atoms with Crippen LogP contribution in [0.4, 0.5) is 0 Å². The van der Waals surface area contributed by atoms with E-state index in [1.165, 1.54) is 18.6 Å². The molecule has 0 amide bonds. The van der Waals surface area contributed by atoms with Crippen LogP contribution in [-0.4, -0.2) is 46.6 Å². The molecule has 2 atom stereocenters. The smallest absolute Gasteiger partial charge is 0.0444 e. The van der Waals surface area contributed by atoms with Gasteiger partial charge in [0.2, 0.25) is 0 Å². The molecule has 0 radical (unpaired) electrons. The summed E-state index contributed by atoms with van der Waals surface area (Å²) in [6.07, 6.45) is 5.36. The molecule has 0 aliphatic carbocycles. The third kappa shape index (κ3) is 3.30. The first-order chi connectivity index (χ1) is 9.19. The standard InChI is InChI=1S/C15H25N3S/c1-13-15(12-16,8-5-11-19-13)18(2)10-7-14-6-3-4-9-17-14/h3-4,6,9,13H,5,7-8,10-12,16H2,1-2H3. The van der Waals surface area contributed by atoms with Crippen LogP contribution in [0, 0.1) is 0 Å². The Hall–Kier alpha value is -0.580. The molecule has 1 saturated heterocycles. The minimum Gasteiger partial charge on any atom is -0.329 e.